The summed E-state index contributed by atoms with van der Waals surface area (Å²) < 4.78 is 19.6. The summed E-state index contributed by atoms with van der Waals surface area (Å²) in [5.41, 5.74) is 1.49. The minimum Gasteiger partial charge on any atom is -0.508 e. The van der Waals surface area contributed by atoms with Crippen LogP contribution >= 0.6 is 0 Å². The first-order valence-electron chi connectivity index (χ1n) is 19.0. The quantitative estimate of drug-likeness (QED) is 0.0780. The molecular weight excluding hydrogens is 692 g/mol. The van der Waals surface area contributed by atoms with E-state index >= 15 is 0 Å². The molecule has 2 amide bonds. The summed E-state index contributed by atoms with van der Waals surface area (Å²) in [6.07, 6.45) is 12.4. The molecule has 0 bridgehead atoms. The molecule has 2 aliphatic rings. The Balaban J connectivity index is 0.000000297. The number of rotatable bonds is 15. The molecule has 0 spiro atoms. The number of methoxy groups -OCH3 is 2. The molecule has 2 aliphatic carbocycles. The Morgan fingerprint density at radius 3 is 1.65 bits per heavy atom. The highest BCUT2D eigenvalue weighted by molar-refractivity contribution is 5.86. The average molecular weight is 751 g/mol. The molecule has 2 unspecified atom stereocenters. The van der Waals surface area contributed by atoms with E-state index in [9.17, 15) is 29.1 Å². The first kappa shape index (κ1) is 43.5. The summed E-state index contributed by atoms with van der Waals surface area (Å²) >= 11 is 0. The van der Waals surface area contributed by atoms with Crippen LogP contribution in [0.4, 0.5) is 4.79 Å². The number of phenolic OH excluding ortho intramolecular Hbond substituents is 1. The number of ether oxygens (including phenoxy) is 4. The largest absolute Gasteiger partial charge is 0.514 e. The number of carbonyl (C=O) groups excluding carboxylic acids is 5. The Morgan fingerprint density at radius 1 is 0.741 bits per heavy atom. The van der Waals surface area contributed by atoms with Crippen LogP contribution in [0.1, 0.15) is 89.2 Å². The van der Waals surface area contributed by atoms with Gasteiger partial charge in [0.1, 0.15) is 30.2 Å². The molecule has 0 radical (unpaired) electrons. The van der Waals surface area contributed by atoms with Crippen LogP contribution in [0.15, 0.2) is 61.2 Å². The molecule has 0 heterocycles. The van der Waals surface area contributed by atoms with Crippen LogP contribution in [-0.2, 0) is 46.2 Å². The second-order valence-corrected chi connectivity index (χ2v) is 14.2. The van der Waals surface area contributed by atoms with Gasteiger partial charge < -0.3 is 34.7 Å². The summed E-state index contributed by atoms with van der Waals surface area (Å²) in [4.78, 5) is 61.2. The average Bonchev–Trinajstić information content (AvgIpc) is 3.19. The van der Waals surface area contributed by atoms with Gasteiger partial charge in [-0.1, -0.05) is 89.3 Å². The second kappa shape index (κ2) is 23.0. The maximum Gasteiger partial charge on any atom is 0.514 e. The lowest BCUT2D eigenvalue weighted by Crippen LogP contribution is -2.46. The first-order chi connectivity index (χ1) is 25.9. The first-order valence-corrected chi connectivity index (χ1v) is 19.0. The van der Waals surface area contributed by atoms with Gasteiger partial charge in [0, 0.05) is 24.7 Å². The van der Waals surface area contributed by atoms with Gasteiger partial charge in [-0.25, -0.2) is 14.4 Å². The van der Waals surface area contributed by atoms with Crippen molar-refractivity contribution < 1.29 is 48.0 Å². The number of carbonyl (C=O) groups is 5. The molecular formula is C42H58N2O10. The Kier molecular flexibility index (Phi) is 18.6. The highest BCUT2D eigenvalue weighted by atomic mass is 16.7. The number of hydrogen-bond donors (Lipinski definition) is 3. The zero-order chi connectivity index (χ0) is 39.5. The molecule has 2 aromatic rings. The number of amides is 2. The van der Waals surface area contributed by atoms with Crippen LogP contribution in [0.5, 0.6) is 11.5 Å². The molecule has 12 heteroatoms. The lowest BCUT2D eigenvalue weighted by Gasteiger charge is -2.28. The molecule has 54 heavy (non-hydrogen) atoms. The predicted molar refractivity (Wildman–Crippen MR) is 204 cm³/mol. The maximum atomic E-state index is 12.8. The van der Waals surface area contributed by atoms with E-state index in [2.05, 4.69) is 17.2 Å². The Bertz CT molecular complexity index is 1530. The van der Waals surface area contributed by atoms with Crippen LogP contribution in [-0.4, -0.2) is 67.9 Å². The fourth-order valence-corrected chi connectivity index (χ4v) is 7.12. The highest BCUT2D eigenvalue weighted by Crippen LogP contribution is 2.31. The van der Waals surface area contributed by atoms with E-state index in [0.717, 1.165) is 44.1 Å². The van der Waals surface area contributed by atoms with Crippen molar-refractivity contribution in [2.24, 2.45) is 23.7 Å². The SMILES string of the molecule is C=CCOC(=O)Oc1cccc(C[C@H](NC(=O)C(C)C2CCCCC2)C(=O)OC)c1.COC(=O)[C@H](Cc1cccc(O)c1)NC(=O)C(C)C1CCCCC1. The van der Waals surface area contributed by atoms with Gasteiger partial charge in [-0.15, -0.1) is 0 Å². The van der Waals surface area contributed by atoms with Crippen molar-refractivity contribution in [1.29, 1.82) is 0 Å². The lowest BCUT2D eigenvalue weighted by atomic mass is 9.80. The van der Waals surface area contributed by atoms with Crippen LogP contribution in [0, 0.1) is 23.7 Å². The fourth-order valence-electron chi connectivity index (χ4n) is 7.12. The van der Waals surface area contributed by atoms with Gasteiger partial charge in [-0.05, 0) is 72.9 Å². The van der Waals surface area contributed by atoms with Crippen LogP contribution < -0.4 is 15.4 Å². The van der Waals surface area contributed by atoms with Gasteiger partial charge >= 0.3 is 18.1 Å². The molecule has 2 saturated carbocycles. The van der Waals surface area contributed by atoms with Gasteiger partial charge in [0.15, 0.2) is 0 Å². The van der Waals surface area contributed by atoms with Crippen LogP contribution in [0.2, 0.25) is 0 Å². The van der Waals surface area contributed by atoms with Crippen molar-refractivity contribution in [3.05, 3.63) is 72.3 Å². The molecule has 0 aromatic heterocycles. The third kappa shape index (κ3) is 14.5. The summed E-state index contributed by atoms with van der Waals surface area (Å²) in [5.74, 6) is -0.347. The number of nitrogens with one attached hydrogen (secondary N) is 2. The smallest absolute Gasteiger partial charge is 0.508 e. The van der Waals surface area contributed by atoms with Crippen LogP contribution in [0.3, 0.4) is 0 Å². The van der Waals surface area contributed by atoms with E-state index in [-0.39, 0.29) is 48.2 Å². The summed E-state index contributed by atoms with van der Waals surface area (Å²) in [5, 5.41) is 15.2. The van der Waals surface area contributed by atoms with Crippen molar-refractivity contribution in [3.63, 3.8) is 0 Å². The Morgan fingerprint density at radius 2 is 1.20 bits per heavy atom. The minimum absolute atomic E-state index is 0.0498. The molecule has 3 N–H and O–H groups in total. The van der Waals surface area contributed by atoms with Crippen molar-refractivity contribution in [3.8, 4) is 11.5 Å². The van der Waals surface area contributed by atoms with E-state index < -0.39 is 30.2 Å². The highest BCUT2D eigenvalue weighted by Gasteiger charge is 2.31. The predicted octanol–water partition coefficient (Wildman–Crippen LogP) is 6.61. The van der Waals surface area contributed by atoms with Crippen LogP contribution in [0.25, 0.3) is 0 Å². The zero-order valence-electron chi connectivity index (χ0n) is 32.2. The van der Waals surface area contributed by atoms with Crippen molar-refractivity contribution >= 4 is 29.9 Å². The number of phenols is 1. The van der Waals surface area contributed by atoms with E-state index in [0.29, 0.717) is 23.8 Å². The fraction of sp³-hybridized carbons (Fsp3) is 0.548. The molecule has 0 saturated heterocycles. The van der Waals surface area contributed by atoms with E-state index in [4.69, 9.17) is 18.9 Å². The van der Waals surface area contributed by atoms with E-state index in [1.165, 1.54) is 46.0 Å². The molecule has 2 aromatic carbocycles. The standard InChI is InChI=1S/C23H31NO6.C19H27NO4/c1-4-13-29-23(27)30-19-12-8-9-17(14-19)15-20(22(26)28-3)24-21(25)16(2)18-10-6-5-7-11-18;1-13(15-8-4-3-5-9-15)18(22)20-17(19(23)24-2)12-14-7-6-10-16(21)11-14/h4,8-9,12,14,16,18,20H,1,5-7,10-11,13,15H2,2-3H3,(H,24,25);6-7,10-11,13,15,17,21H,3-5,8-9,12H2,1-2H3,(H,20,22)/t16?,20-;13?,17-/m00/s1. The monoisotopic (exact) mass is 750 g/mol. The summed E-state index contributed by atoms with van der Waals surface area (Å²) in [6.45, 7) is 7.37. The number of benzene rings is 2. The molecule has 2 fully saturated rings. The second-order valence-electron chi connectivity index (χ2n) is 14.2. The van der Waals surface area contributed by atoms with Crippen molar-refractivity contribution in [1.82, 2.24) is 10.6 Å². The van der Waals surface area contributed by atoms with Gasteiger partial charge in [0.25, 0.3) is 0 Å². The summed E-state index contributed by atoms with van der Waals surface area (Å²) in [6, 6.07) is 11.8. The van der Waals surface area contributed by atoms with Gasteiger partial charge in [-0.2, -0.15) is 0 Å². The van der Waals surface area contributed by atoms with Gasteiger partial charge in [-0.3, -0.25) is 9.59 Å². The topological polar surface area (TPSA) is 167 Å². The van der Waals surface area contributed by atoms with Gasteiger partial charge in [0.2, 0.25) is 11.8 Å². The van der Waals surface area contributed by atoms with E-state index in [1.54, 1.807) is 42.5 Å². The molecule has 296 valence electrons. The molecule has 4 atom stereocenters. The summed E-state index contributed by atoms with van der Waals surface area (Å²) in [7, 11) is 2.61. The Labute approximate surface area is 319 Å². The third-order valence-corrected chi connectivity index (χ3v) is 10.4. The zero-order valence-corrected chi connectivity index (χ0v) is 32.2. The molecule has 12 nitrogen and oxygen atoms in total. The number of aromatic hydroxyl groups is 1. The number of hydrogen-bond acceptors (Lipinski definition) is 10. The van der Waals surface area contributed by atoms with Gasteiger partial charge in [0.05, 0.1) is 14.2 Å². The van der Waals surface area contributed by atoms with Crippen molar-refractivity contribution in [2.45, 2.75) is 103 Å². The Hall–Kier alpha value is -4.87. The lowest BCUT2D eigenvalue weighted by molar-refractivity contribution is -0.146. The van der Waals surface area contributed by atoms with E-state index in [1.807, 2.05) is 19.9 Å². The molecule has 4 rings (SSSR count). The maximum absolute atomic E-state index is 12.8. The third-order valence-electron chi connectivity index (χ3n) is 10.4. The van der Waals surface area contributed by atoms with Crippen molar-refractivity contribution in [2.75, 3.05) is 20.8 Å². The minimum atomic E-state index is -0.842. The number of esters is 2. The normalized spacial score (nSPS) is 16.8. The molecule has 0 aliphatic heterocycles.